The normalized spacial score (nSPS) is 17.6. The van der Waals surface area contributed by atoms with Gasteiger partial charge in [0.05, 0.1) is 24.0 Å². The zero-order valence-corrected chi connectivity index (χ0v) is 14.5. The number of aryl methyl sites for hydroxylation is 1. The second-order valence-corrected chi connectivity index (χ2v) is 6.35. The lowest BCUT2D eigenvalue weighted by Crippen LogP contribution is -2.44. The summed E-state index contributed by atoms with van der Waals surface area (Å²) in [6.45, 7) is 8.05. The van der Waals surface area contributed by atoms with Crippen LogP contribution in [0.15, 0.2) is 42.5 Å². The first-order valence-electron chi connectivity index (χ1n) is 8.39. The largest absolute Gasteiger partial charge is 0.375 e. The third kappa shape index (κ3) is 3.44. The molecule has 0 radical (unpaired) electrons. The molecule has 2 aromatic rings. The molecule has 126 valence electrons. The second kappa shape index (κ2) is 7.05. The van der Waals surface area contributed by atoms with Crippen molar-refractivity contribution in [2.45, 2.75) is 26.9 Å². The summed E-state index contributed by atoms with van der Waals surface area (Å²) in [4.78, 5) is 14.8. The van der Waals surface area contributed by atoms with Gasteiger partial charge in [0.1, 0.15) is 0 Å². The van der Waals surface area contributed by atoms with E-state index in [9.17, 15) is 4.79 Å². The van der Waals surface area contributed by atoms with E-state index < -0.39 is 0 Å². The Morgan fingerprint density at radius 2 is 1.88 bits per heavy atom. The molecule has 1 fully saturated rings. The van der Waals surface area contributed by atoms with Crippen LogP contribution in [0.4, 0.5) is 11.4 Å². The maximum Gasteiger partial charge on any atom is 0.256 e. The molecule has 0 bridgehead atoms. The smallest absolute Gasteiger partial charge is 0.256 e. The molecule has 1 atom stereocenters. The molecule has 0 aromatic heterocycles. The third-order valence-corrected chi connectivity index (χ3v) is 4.56. The first-order chi connectivity index (χ1) is 11.6. The van der Waals surface area contributed by atoms with Gasteiger partial charge in [-0.05, 0) is 50.1 Å². The van der Waals surface area contributed by atoms with Crippen molar-refractivity contribution in [1.82, 2.24) is 4.90 Å². The lowest BCUT2D eigenvalue weighted by atomic mass is 10.1. The number of carbonyl (C=O) groups excluding carboxylic acids is 1. The van der Waals surface area contributed by atoms with Crippen LogP contribution in [-0.4, -0.2) is 36.6 Å². The van der Waals surface area contributed by atoms with Gasteiger partial charge < -0.3 is 15.0 Å². The van der Waals surface area contributed by atoms with E-state index in [1.54, 1.807) is 0 Å². The number of anilines is 2. The number of nitrogens with zero attached hydrogens (tertiary/aromatic N) is 1. The minimum atomic E-state index is 0.0542. The molecule has 0 spiro atoms. The molecule has 1 aliphatic rings. The summed E-state index contributed by atoms with van der Waals surface area (Å²) < 4.78 is 5.54. The van der Waals surface area contributed by atoms with E-state index >= 15 is 0 Å². The molecule has 1 N–H and O–H groups in total. The highest BCUT2D eigenvalue weighted by atomic mass is 16.5. The van der Waals surface area contributed by atoms with Crippen LogP contribution in [0.25, 0.3) is 0 Å². The number of ether oxygens (including phenoxy) is 1. The van der Waals surface area contributed by atoms with Crippen LogP contribution in [0.1, 0.15) is 28.4 Å². The molecule has 1 aliphatic heterocycles. The summed E-state index contributed by atoms with van der Waals surface area (Å²) in [5, 5.41) is 3.43. The number of morpholine rings is 1. The Kier molecular flexibility index (Phi) is 4.86. The van der Waals surface area contributed by atoms with Crippen molar-refractivity contribution >= 4 is 17.3 Å². The van der Waals surface area contributed by atoms with Crippen molar-refractivity contribution in [3.8, 4) is 0 Å². The summed E-state index contributed by atoms with van der Waals surface area (Å²) in [5.41, 5.74) is 5.00. The van der Waals surface area contributed by atoms with Gasteiger partial charge in [0.2, 0.25) is 0 Å². The van der Waals surface area contributed by atoms with Gasteiger partial charge in [-0.15, -0.1) is 0 Å². The highest BCUT2D eigenvalue weighted by Gasteiger charge is 2.24. The molecule has 3 rings (SSSR count). The second-order valence-electron chi connectivity index (χ2n) is 6.35. The van der Waals surface area contributed by atoms with E-state index in [2.05, 4.69) is 25.2 Å². The van der Waals surface area contributed by atoms with Crippen LogP contribution < -0.4 is 5.32 Å². The summed E-state index contributed by atoms with van der Waals surface area (Å²) in [5.74, 6) is 0.0542. The number of hydrogen-bond acceptors (Lipinski definition) is 3. The van der Waals surface area contributed by atoms with Crippen molar-refractivity contribution in [3.05, 3.63) is 59.2 Å². The van der Waals surface area contributed by atoms with Gasteiger partial charge in [-0.25, -0.2) is 0 Å². The van der Waals surface area contributed by atoms with Gasteiger partial charge in [0.15, 0.2) is 0 Å². The minimum Gasteiger partial charge on any atom is -0.375 e. The zero-order valence-electron chi connectivity index (χ0n) is 14.5. The first kappa shape index (κ1) is 16.5. The molecule has 0 aliphatic carbocycles. The SMILES string of the molecule is Cc1cccc(Nc2ccccc2C(=O)N2CCO[C@H](C)C2)c1C. The van der Waals surface area contributed by atoms with Crippen molar-refractivity contribution in [2.24, 2.45) is 0 Å². The molecule has 0 unspecified atom stereocenters. The van der Waals surface area contributed by atoms with Crippen LogP contribution in [0.3, 0.4) is 0 Å². The number of hydrogen-bond donors (Lipinski definition) is 1. The number of benzene rings is 2. The van der Waals surface area contributed by atoms with Crippen LogP contribution in [0.2, 0.25) is 0 Å². The van der Waals surface area contributed by atoms with Gasteiger partial charge in [0.25, 0.3) is 5.91 Å². The topological polar surface area (TPSA) is 41.6 Å². The predicted octanol–water partition coefficient (Wildman–Crippen LogP) is 3.91. The number of amides is 1. The summed E-state index contributed by atoms with van der Waals surface area (Å²) in [6.07, 6.45) is 0.0850. The maximum absolute atomic E-state index is 12.9. The Morgan fingerprint density at radius 3 is 2.67 bits per heavy atom. The highest BCUT2D eigenvalue weighted by molar-refractivity contribution is 6.00. The standard InChI is InChI=1S/C20H24N2O2/c1-14-7-6-10-18(16(14)3)21-19-9-5-4-8-17(19)20(23)22-11-12-24-15(2)13-22/h4-10,15,21H,11-13H2,1-3H3/t15-/m1/s1. The van der Waals surface area contributed by atoms with Gasteiger partial charge >= 0.3 is 0 Å². The Bertz CT molecular complexity index is 742. The molecule has 2 aromatic carbocycles. The third-order valence-electron chi connectivity index (χ3n) is 4.56. The fourth-order valence-electron chi connectivity index (χ4n) is 2.98. The molecule has 1 heterocycles. The minimum absolute atomic E-state index is 0.0542. The van der Waals surface area contributed by atoms with Crippen molar-refractivity contribution in [2.75, 3.05) is 25.0 Å². The molecule has 0 saturated carbocycles. The number of rotatable bonds is 3. The van der Waals surface area contributed by atoms with Gasteiger partial charge in [0, 0.05) is 18.8 Å². The van der Waals surface area contributed by atoms with Crippen LogP contribution in [0, 0.1) is 13.8 Å². The molecular formula is C20H24N2O2. The van der Waals surface area contributed by atoms with Crippen LogP contribution in [-0.2, 0) is 4.74 Å². The molecule has 24 heavy (non-hydrogen) atoms. The summed E-state index contributed by atoms with van der Waals surface area (Å²) in [7, 11) is 0. The van der Waals surface area contributed by atoms with Crippen molar-refractivity contribution < 1.29 is 9.53 Å². The Labute approximate surface area is 143 Å². The Balaban J connectivity index is 1.88. The van der Waals surface area contributed by atoms with Crippen molar-refractivity contribution in [3.63, 3.8) is 0 Å². The monoisotopic (exact) mass is 324 g/mol. The predicted molar refractivity (Wildman–Crippen MR) is 97.0 cm³/mol. The lowest BCUT2D eigenvalue weighted by Gasteiger charge is -2.31. The fourth-order valence-corrected chi connectivity index (χ4v) is 2.98. The zero-order chi connectivity index (χ0) is 17.1. The number of carbonyl (C=O) groups is 1. The molecule has 4 nitrogen and oxygen atoms in total. The van der Waals surface area contributed by atoms with E-state index in [-0.39, 0.29) is 12.0 Å². The quantitative estimate of drug-likeness (QED) is 0.931. The van der Waals surface area contributed by atoms with Crippen LogP contribution >= 0.6 is 0 Å². The average molecular weight is 324 g/mol. The molecular weight excluding hydrogens is 300 g/mol. The molecule has 4 heteroatoms. The molecule has 1 saturated heterocycles. The highest BCUT2D eigenvalue weighted by Crippen LogP contribution is 2.26. The molecule has 1 amide bonds. The van der Waals surface area contributed by atoms with Gasteiger partial charge in [-0.3, -0.25) is 4.79 Å². The van der Waals surface area contributed by atoms with E-state index in [0.717, 1.165) is 11.4 Å². The van der Waals surface area contributed by atoms with E-state index in [1.165, 1.54) is 11.1 Å². The van der Waals surface area contributed by atoms with Gasteiger partial charge in [-0.1, -0.05) is 24.3 Å². The first-order valence-corrected chi connectivity index (χ1v) is 8.39. The lowest BCUT2D eigenvalue weighted by molar-refractivity contribution is -0.0123. The van der Waals surface area contributed by atoms with Crippen molar-refractivity contribution in [1.29, 1.82) is 0 Å². The van der Waals surface area contributed by atoms with Gasteiger partial charge in [-0.2, -0.15) is 0 Å². The maximum atomic E-state index is 12.9. The van der Waals surface area contributed by atoms with E-state index in [4.69, 9.17) is 4.74 Å². The van der Waals surface area contributed by atoms with E-state index in [0.29, 0.717) is 25.3 Å². The summed E-state index contributed by atoms with van der Waals surface area (Å²) in [6, 6.07) is 13.9. The summed E-state index contributed by atoms with van der Waals surface area (Å²) >= 11 is 0. The average Bonchev–Trinajstić information content (AvgIpc) is 2.59. The Hall–Kier alpha value is -2.33. The fraction of sp³-hybridized carbons (Fsp3) is 0.350. The van der Waals surface area contributed by atoms with Crippen LogP contribution in [0.5, 0.6) is 0 Å². The number of nitrogens with one attached hydrogen (secondary N) is 1. The Morgan fingerprint density at radius 1 is 1.12 bits per heavy atom. The van der Waals surface area contributed by atoms with E-state index in [1.807, 2.05) is 48.2 Å². The number of para-hydroxylation sites is 1.